The zero-order valence-electron chi connectivity index (χ0n) is 12.6. The average Bonchev–Trinajstić information content (AvgIpc) is 2.60. The molecule has 116 valence electrons. The number of sulfonamides is 1. The minimum atomic E-state index is -3.65. The third-order valence-electron chi connectivity index (χ3n) is 3.57. The van der Waals surface area contributed by atoms with E-state index in [9.17, 15) is 8.42 Å². The first-order chi connectivity index (χ1) is 11.1. The second-order valence-corrected chi connectivity index (χ2v) is 6.79. The van der Waals surface area contributed by atoms with Crippen molar-refractivity contribution in [3.05, 3.63) is 78.4 Å². The monoisotopic (exact) mass is 324 g/mol. The normalized spacial score (nSPS) is 12.3. The van der Waals surface area contributed by atoms with Crippen LogP contribution in [0.4, 0.5) is 0 Å². The Balaban J connectivity index is 1.94. The standard InChI is InChI=1S/C18H16N2O2S/c1-14(17-13-7-9-15-8-5-6-12-18(15)17)19-20-23(21,22)16-10-3-2-4-11-16/h2-13,20H,1H3/b19-14+. The molecular formula is C18H16N2O2S. The molecule has 3 aromatic carbocycles. The van der Waals surface area contributed by atoms with Crippen LogP contribution in [0.25, 0.3) is 10.8 Å². The van der Waals surface area contributed by atoms with Crippen molar-refractivity contribution in [1.29, 1.82) is 0 Å². The molecule has 0 unspecified atom stereocenters. The average molecular weight is 324 g/mol. The summed E-state index contributed by atoms with van der Waals surface area (Å²) in [7, 11) is -3.65. The molecule has 0 aliphatic heterocycles. The molecule has 4 nitrogen and oxygen atoms in total. The summed E-state index contributed by atoms with van der Waals surface area (Å²) in [4.78, 5) is 2.49. The summed E-state index contributed by atoms with van der Waals surface area (Å²) in [6.07, 6.45) is 0. The van der Waals surface area contributed by atoms with E-state index in [1.54, 1.807) is 25.1 Å². The van der Waals surface area contributed by atoms with Crippen LogP contribution in [-0.4, -0.2) is 14.1 Å². The van der Waals surface area contributed by atoms with Gasteiger partial charge in [-0.2, -0.15) is 18.4 Å². The van der Waals surface area contributed by atoms with Gasteiger partial charge in [0.1, 0.15) is 0 Å². The summed E-state index contributed by atoms with van der Waals surface area (Å²) in [5.74, 6) is 0. The van der Waals surface area contributed by atoms with Crippen LogP contribution < -0.4 is 4.83 Å². The molecule has 0 radical (unpaired) electrons. The largest absolute Gasteiger partial charge is 0.276 e. The summed E-state index contributed by atoms with van der Waals surface area (Å²) in [5.41, 5.74) is 1.51. The quantitative estimate of drug-likeness (QED) is 0.589. The van der Waals surface area contributed by atoms with Crippen molar-refractivity contribution >= 4 is 26.5 Å². The van der Waals surface area contributed by atoms with E-state index in [0.29, 0.717) is 5.71 Å². The fourth-order valence-corrected chi connectivity index (χ4v) is 3.26. The first-order valence-corrected chi connectivity index (χ1v) is 8.65. The maximum atomic E-state index is 12.2. The second kappa shape index (κ2) is 6.22. The third-order valence-corrected chi connectivity index (χ3v) is 4.79. The van der Waals surface area contributed by atoms with Gasteiger partial charge in [-0.1, -0.05) is 60.7 Å². The molecular weight excluding hydrogens is 308 g/mol. The predicted molar refractivity (Wildman–Crippen MR) is 92.9 cm³/mol. The Hall–Kier alpha value is -2.66. The summed E-state index contributed by atoms with van der Waals surface area (Å²) in [5, 5.41) is 6.20. The highest BCUT2D eigenvalue weighted by atomic mass is 32.2. The van der Waals surface area contributed by atoms with E-state index in [0.717, 1.165) is 16.3 Å². The number of nitrogens with zero attached hydrogens (tertiary/aromatic N) is 1. The molecule has 5 heteroatoms. The van der Waals surface area contributed by atoms with Crippen molar-refractivity contribution in [2.45, 2.75) is 11.8 Å². The molecule has 0 aliphatic rings. The van der Waals surface area contributed by atoms with Crippen molar-refractivity contribution in [3.8, 4) is 0 Å². The van der Waals surface area contributed by atoms with Gasteiger partial charge in [-0.3, -0.25) is 0 Å². The van der Waals surface area contributed by atoms with Gasteiger partial charge in [0.2, 0.25) is 0 Å². The Labute approximate surface area is 135 Å². The van der Waals surface area contributed by atoms with Crippen molar-refractivity contribution < 1.29 is 8.42 Å². The number of rotatable bonds is 4. The molecule has 1 N–H and O–H groups in total. The Bertz CT molecular complexity index is 959. The summed E-state index contributed by atoms with van der Waals surface area (Å²) < 4.78 is 24.4. The molecule has 0 fully saturated rings. The molecule has 0 aromatic heterocycles. The van der Waals surface area contributed by atoms with Gasteiger partial charge in [-0.25, -0.2) is 0 Å². The second-order valence-electron chi connectivity index (χ2n) is 5.13. The lowest BCUT2D eigenvalue weighted by atomic mass is 10.0. The number of hydrazone groups is 1. The highest BCUT2D eigenvalue weighted by Gasteiger charge is 2.12. The van der Waals surface area contributed by atoms with Crippen molar-refractivity contribution in [2.75, 3.05) is 0 Å². The SMILES string of the molecule is C/C(=N\NS(=O)(=O)c1ccccc1)c1cccc2ccccc12. The van der Waals surface area contributed by atoms with E-state index in [1.165, 1.54) is 12.1 Å². The first-order valence-electron chi connectivity index (χ1n) is 7.17. The van der Waals surface area contributed by atoms with Gasteiger partial charge in [0, 0.05) is 5.56 Å². The number of hydrogen-bond acceptors (Lipinski definition) is 3. The number of hydrogen-bond donors (Lipinski definition) is 1. The van der Waals surface area contributed by atoms with Crippen LogP contribution in [0.15, 0.2) is 82.8 Å². The minimum Gasteiger partial charge on any atom is -0.200 e. The van der Waals surface area contributed by atoms with Crippen LogP contribution in [-0.2, 0) is 10.0 Å². The third kappa shape index (κ3) is 3.24. The molecule has 3 rings (SSSR count). The molecule has 0 heterocycles. The van der Waals surface area contributed by atoms with E-state index >= 15 is 0 Å². The van der Waals surface area contributed by atoms with Crippen LogP contribution >= 0.6 is 0 Å². The van der Waals surface area contributed by atoms with Gasteiger partial charge >= 0.3 is 0 Å². The Kier molecular flexibility index (Phi) is 4.12. The van der Waals surface area contributed by atoms with Gasteiger partial charge in [-0.05, 0) is 29.8 Å². The number of nitrogens with one attached hydrogen (secondary N) is 1. The van der Waals surface area contributed by atoms with Gasteiger partial charge < -0.3 is 0 Å². The van der Waals surface area contributed by atoms with Crippen molar-refractivity contribution in [1.82, 2.24) is 4.83 Å². The number of fused-ring (bicyclic) bond motifs is 1. The highest BCUT2D eigenvalue weighted by molar-refractivity contribution is 7.89. The van der Waals surface area contributed by atoms with Crippen LogP contribution in [0.1, 0.15) is 12.5 Å². The smallest absolute Gasteiger partial charge is 0.200 e. The lowest BCUT2D eigenvalue weighted by Gasteiger charge is -2.08. The van der Waals surface area contributed by atoms with Gasteiger partial charge in [0.15, 0.2) is 0 Å². The zero-order valence-corrected chi connectivity index (χ0v) is 13.4. The minimum absolute atomic E-state index is 0.189. The summed E-state index contributed by atoms with van der Waals surface area (Å²) in [6.45, 7) is 1.79. The Morgan fingerprint density at radius 2 is 1.52 bits per heavy atom. The lowest BCUT2D eigenvalue weighted by molar-refractivity contribution is 0.584. The van der Waals surface area contributed by atoms with E-state index in [4.69, 9.17) is 0 Å². The maximum absolute atomic E-state index is 12.2. The first kappa shape index (κ1) is 15.2. The predicted octanol–water partition coefficient (Wildman–Crippen LogP) is 3.54. The topological polar surface area (TPSA) is 58.5 Å². The Morgan fingerprint density at radius 1 is 0.870 bits per heavy atom. The van der Waals surface area contributed by atoms with E-state index in [2.05, 4.69) is 9.93 Å². The lowest BCUT2D eigenvalue weighted by Crippen LogP contribution is -2.19. The molecule has 0 spiro atoms. The zero-order chi connectivity index (χ0) is 16.3. The molecule has 0 saturated heterocycles. The van der Waals surface area contributed by atoms with Crippen molar-refractivity contribution in [2.24, 2.45) is 5.10 Å². The molecule has 3 aromatic rings. The Morgan fingerprint density at radius 3 is 2.30 bits per heavy atom. The fraction of sp³-hybridized carbons (Fsp3) is 0.0556. The summed E-state index contributed by atoms with van der Waals surface area (Å²) >= 11 is 0. The molecule has 0 atom stereocenters. The van der Waals surface area contributed by atoms with Crippen LogP contribution in [0, 0.1) is 0 Å². The van der Waals surface area contributed by atoms with Gasteiger partial charge in [0.05, 0.1) is 10.6 Å². The highest BCUT2D eigenvalue weighted by Crippen LogP contribution is 2.19. The van der Waals surface area contributed by atoms with Crippen LogP contribution in [0.3, 0.4) is 0 Å². The molecule has 0 amide bonds. The molecule has 0 bridgehead atoms. The van der Waals surface area contributed by atoms with Crippen LogP contribution in [0.5, 0.6) is 0 Å². The number of benzene rings is 3. The fourth-order valence-electron chi connectivity index (χ4n) is 2.38. The maximum Gasteiger partial charge on any atom is 0.276 e. The summed E-state index contributed by atoms with van der Waals surface area (Å²) in [6, 6.07) is 22.0. The molecule has 0 saturated carbocycles. The van der Waals surface area contributed by atoms with E-state index in [-0.39, 0.29) is 4.90 Å². The van der Waals surface area contributed by atoms with E-state index in [1.807, 2.05) is 42.5 Å². The van der Waals surface area contributed by atoms with Gasteiger partial charge in [-0.15, -0.1) is 0 Å². The van der Waals surface area contributed by atoms with E-state index < -0.39 is 10.0 Å². The van der Waals surface area contributed by atoms with Crippen molar-refractivity contribution in [3.63, 3.8) is 0 Å². The molecule has 23 heavy (non-hydrogen) atoms. The molecule has 0 aliphatic carbocycles. The van der Waals surface area contributed by atoms with Crippen LogP contribution in [0.2, 0.25) is 0 Å². The van der Waals surface area contributed by atoms with Gasteiger partial charge in [0.25, 0.3) is 10.0 Å².